The molecule has 0 N–H and O–H groups in total. The summed E-state index contributed by atoms with van der Waals surface area (Å²) in [6, 6.07) is 20.3. The lowest BCUT2D eigenvalue weighted by atomic mass is 10.1. The topological polar surface area (TPSA) is 57.4 Å². The number of aromatic nitrogens is 2. The highest BCUT2D eigenvalue weighted by Crippen LogP contribution is 2.32. The highest BCUT2D eigenvalue weighted by Gasteiger charge is 2.12. The smallest absolute Gasteiger partial charge is 0.237 e. The highest BCUT2D eigenvalue weighted by molar-refractivity contribution is 7.98. The summed E-state index contributed by atoms with van der Waals surface area (Å²) >= 11 is 1.67. The van der Waals surface area contributed by atoms with Crippen LogP contribution in [-0.4, -0.2) is 24.4 Å². The molecule has 0 aliphatic rings. The number of rotatable bonds is 6. The minimum atomic E-state index is 0.532. The van der Waals surface area contributed by atoms with Gasteiger partial charge in [0.05, 0.1) is 20.0 Å². The number of methoxy groups -OCH3 is 2. The summed E-state index contributed by atoms with van der Waals surface area (Å²) in [5.74, 6) is 3.02. The van der Waals surface area contributed by atoms with E-state index >= 15 is 0 Å². The van der Waals surface area contributed by atoms with Crippen LogP contribution in [0.5, 0.6) is 11.5 Å². The van der Waals surface area contributed by atoms with Crippen LogP contribution in [0, 0.1) is 0 Å². The number of thioether (sulfide) groups is 1. The third-order valence-corrected chi connectivity index (χ3v) is 5.17. The van der Waals surface area contributed by atoms with Gasteiger partial charge in [-0.15, -0.1) is 11.8 Å². The van der Waals surface area contributed by atoms with Crippen LogP contribution < -0.4 is 9.47 Å². The Morgan fingerprint density at radius 3 is 2.52 bits per heavy atom. The fraction of sp³-hybridized carbons (Fsp3) is 0.143. The van der Waals surface area contributed by atoms with E-state index in [0.29, 0.717) is 29.0 Å². The van der Waals surface area contributed by atoms with Gasteiger partial charge in [-0.05, 0) is 41.1 Å². The molecule has 0 spiro atoms. The number of hydrogen-bond donors (Lipinski definition) is 0. The van der Waals surface area contributed by atoms with Crippen molar-refractivity contribution in [2.24, 2.45) is 0 Å². The maximum Gasteiger partial charge on any atom is 0.237 e. The van der Waals surface area contributed by atoms with E-state index in [-0.39, 0.29) is 0 Å². The molecule has 4 aromatic rings. The second kappa shape index (κ2) is 7.72. The van der Waals surface area contributed by atoms with Crippen LogP contribution in [0.2, 0.25) is 0 Å². The Labute approximate surface area is 161 Å². The van der Waals surface area contributed by atoms with Crippen LogP contribution in [0.15, 0.2) is 70.1 Å². The van der Waals surface area contributed by atoms with Gasteiger partial charge in [-0.2, -0.15) is 4.98 Å². The minimum Gasteiger partial charge on any atom is -0.493 e. The first kappa shape index (κ1) is 17.4. The molecule has 1 heterocycles. The van der Waals surface area contributed by atoms with Crippen molar-refractivity contribution < 1.29 is 14.0 Å². The first-order valence-electron chi connectivity index (χ1n) is 8.43. The fourth-order valence-corrected chi connectivity index (χ4v) is 3.59. The monoisotopic (exact) mass is 378 g/mol. The van der Waals surface area contributed by atoms with Crippen LogP contribution in [0.1, 0.15) is 5.89 Å². The SMILES string of the molecule is COc1ccc(-c2noc(CSc3ccc4ccccc4c3)n2)cc1OC. The maximum atomic E-state index is 5.40. The summed E-state index contributed by atoms with van der Waals surface area (Å²) in [5, 5.41) is 6.54. The van der Waals surface area contributed by atoms with Gasteiger partial charge < -0.3 is 14.0 Å². The largest absolute Gasteiger partial charge is 0.493 e. The van der Waals surface area contributed by atoms with Gasteiger partial charge in [-0.1, -0.05) is 35.5 Å². The summed E-state index contributed by atoms with van der Waals surface area (Å²) in [7, 11) is 3.21. The number of hydrogen-bond acceptors (Lipinski definition) is 6. The van der Waals surface area contributed by atoms with E-state index in [1.807, 2.05) is 30.3 Å². The van der Waals surface area contributed by atoms with Crippen molar-refractivity contribution in [1.82, 2.24) is 10.1 Å². The molecule has 0 atom stereocenters. The van der Waals surface area contributed by atoms with Gasteiger partial charge in [0.1, 0.15) is 0 Å². The van der Waals surface area contributed by atoms with Crippen LogP contribution in [0.4, 0.5) is 0 Å². The molecule has 27 heavy (non-hydrogen) atoms. The molecule has 5 nitrogen and oxygen atoms in total. The predicted molar refractivity (Wildman–Crippen MR) is 106 cm³/mol. The maximum absolute atomic E-state index is 5.40. The Morgan fingerprint density at radius 2 is 1.70 bits per heavy atom. The molecule has 1 aromatic heterocycles. The molecule has 4 rings (SSSR count). The fourth-order valence-electron chi connectivity index (χ4n) is 2.81. The van der Waals surface area contributed by atoms with Crippen molar-refractivity contribution in [3.8, 4) is 22.9 Å². The molecule has 0 saturated heterocycles. The van der Waals surface area contributed by atoms with Crippen molar-refractivity contribution >= 4 is 22.5 Å². The van der Waals surface area contributed by atoms with Gasteiger partial charge in [0.2, 0.25) is 11.7 Å². The standard InChI is InChI=1S/C21H18N2O3S/c1-24-18-10-8-16(12-19(18)25-2)21-22-20(26-23-21)13-27-17-9-7-14-5-3-4-6-15(14)11-17/h3-12H,13H2,1-2H3. The van der Waals surface area contributed by atoms with Crippen molar-refractivity contribution in [1.29, 1.82) is 0 Å². The van der Waals surface area contributed by atoms with E-state index < -0.39 is 0 Å². The van der Waals surface area contributed by atoms with Gasteiger partial charge in [0.15, 0.2) is 11.5 Å². The van der Waals surface area contributed by atoms with E-state index in [4.69, 9.17) is 14.0 Å². The van der Waals surface area contributed by atoms with Crippen molar-refractivity contribution in [3.63, 3.8) is 0 Å². The van der Waals surface area contributed by atoms with Crippen LogP contribution >= 0.6 is 11.8 Å². The first-order chi connectivity index (χ1) is 13.3. The van der Waals surface area contributed by atoms with E-state index in [0.717, 1.165) is 5.56 Å². The lowest BCUT2D eigenvalue weighted by Crippen LogP contribution is -1.91. The van der Waals surface area contributed by atoms with Gasteiger partial charge >= 0.3 is 0 Å². The highest BCUT2D eigenvalue weighted by atomic mass is 32.2. The third-order valence-electron chi connectivity index (χ3n) is 4.19. The summed E-state index contributed by atoms with van der Waals surface area (Å²) in [5.41, 5.74) is 0.818. The molecule has 0 saturated carbocycles. The quantitative estimate of drug-likeness (QED) is 0.430. The molecule has 3 aromatic carbocycles. The average Bonchev–Trinajstić information content (AvgIpc) is 3.20. The van der Waals surface area contributed by atoms with E-state index in [1.54, 1.807) is 26.0 Å². The summed E-state index contributed by atoms with van der Waals surface area (Å²) < 4.78 is 16.0. The first-order valence-corrected chi connectivity index (χ1v) is 9.42. The lowest BCUT2D eigenvalue weighted by Gasteiger charge is -2.07. The molecular weight excluding hydrogens is 360 g/mol. The lowest BCUT2D eigenvalue weighted by molar-refractivity contribution is 0.355. The van der Waals surface area contributed by atoms with E-state index in [2.05, 4.69) is 40.5 Å². The zero-order chi connectivity index (χ0) is 18.6. The number of nitrogens with zero attached hydrogens (tertiary/aromatic N) is 2. The molecule has 0 fully saturated rings. The molecule has 0 amide bonds. The van der Waals surface area contributed by atoms with Gasteiger partial charge in [0, 0.05) is 10.5 Å². The zero-order valence-electron chi connectivity index (χ0n) is 15.0. The average molecular weight is 378 g/mol. The summed E-state index contributed by atoms with van der Waals surface area (Å²) in [4.78, 5) is 5.66. The number of ether oxygens (including phenoxy) is 2. The molecule has 6 heteroatoms. The molecule has 0 aliphatic heterocycles. The zero-order valence-corrected chi connectivity index (χ0v) is 15.8. The molecule has 136 valence electrons. The summed E-state index contributed by atoms with van der Waals surface area (Å²) in [6.07, 6.45) is 0. The second-order valence-corrected chi connectivity index (χ2v) is 6.93. The summed E-state index contributed by atoms with van der Waals surface area (Å²) in [6.45, 7) is 0. The second-order valence-electron chi connectivity index (χ2n) is 5.88. The Kier molecular flexibility index (Phi) is 4.98. The minimum absolute atomic E-state index is 0.532. The van der Waals surface area contributed by atoms with E-state index in [9.17, 15) is 0 Å². The van der Waals surface area contributed by atoms with Crippen molar-refractivity contribution in [2.75, 3.05) is 14.2 Å². The van der Waals surface area contributed by atoms with Crippen LogP contribution in [0.25, 0.3) is 22.2 Å². The Morgan fingerprint density at radius 1 is 0.889 bits per heavy atom. The van der Waals surface area contributed by atoms with Crippen LogP contribution in [-0.2, 0) is 5.75 Å². The number of fused-ring (bicyclic) bond motifs is 1. The van der Waals surface area contributed by atoms with Gasteiger partial charge in [-0.25, -0.2) is 0 Å². The normalized spacial score (nSPS) is 10.9. The Hall–Kier alpha value is -2.99. The molecule has 0 radical (unpaired) electrons. The van der Waals surface area contributed by atoms with Crippen molar-refractivity contribution in [2.45, 2.75) is 10.6 Å². The molecule has 0 unspecified atom stereocenters. The molecular formula is C21H18N2O3S. The van der Waals surface area contributed by atoms with Crippen LogP contribution in [0.3, 0.4) is 0 Å². The number of benzene rings is 3. The van der Waals surface area contributed by atoms with Gasteiger partial charge in [-0.3, -0.25) is 0 Å². The predicted octanol–water partition coefficient (Wildman–Crippen LogP) is 5.20. The Bertz CT molecular complexity index is 1080. The Balaban J connectivity index is 1.49. The molecule has 0 aliphatic carbocycles. The van der Waals surface area contributed by atoms with Gasteiger partial charge in [0.25, 0.3) is 0 Å². The molecule has 0 bridgehead atoms. The third kappa shape index (κ3) is 3.75. The van der Waals surface area contributed by atoms with Crippen molar-refractivity contribution in [3.05, 3.63) is 66.6 Å². The van der Waals surface area contributed by atoms with E-state index in [1.165, 1.54) is 15.7 Å².